The van der Waals surface area contributed by atoms with Crippen LogP contribution in [0.25, 0.3) is 20.7 Å². The maximum Gasteiger partial charge on any atom is 0.262 e. The van der Waals surface area contributed by atoms with Crippen molar-refractivity contribution in [2.24, 2.45) is 0 Å². The lowest BCUT2D eigenvalue weighted by molar-refractivity contribution is 0.0966. The lowest BCUT2D eigenvalue weighted by Gasteiger charge is -2.05. The van der Waals surface area contributed by atoms with E-state index < -0.39 is 11.6 Å². The molecule has 0 fully saturated rings. The molecule has 0 radical (unpaired) electrons. The van der Waals surface area contributed by atoms with Crippen LogP contribution in [0.2, 0.25) is 0 Å². The number of fused-ring (bicyclic) bond motifs is 1. The number of benzene rings is 2. The third kappa shape index (κ3) is 2.95. The minimum absolute atomic E-state index is 0.0326. The molecule has 0 aliphatic carbocycles. The number of carbonyl (C=O) groups is 1. The fourth-order valence-electron chi connectivity index (χ4n) is 2.74. The Balaban J connectivity index is 1.71. The molecular weight excluding hydrogens is 351 g/mol. The van der Waals surface area contributed by atoms with Crippen molar-refractivity contribution in [3.63, 3.8) is 0 Å². The molecule has 0 aliphatic heterocycles. The van der Waals surface area contributed by atoms with Crippen molar-refractivity contribution in [1.82, 2.24) is 9.55 Å². The minimum Gasteiger partial charge on any atom is -0.292 e. The molecule has 4 aromatic rings. The fraction of sp³-hybridized carbons (Fsp3) is 0.0500. The molecule has 0 N–H and O–H groups in total. The summed E-state index contributed by atoms with van der Waals surface area (Å²) >= 11 is 1.42. The van der Waals surface area contributed by atoms with Crippen LogP contribution in [0.4, 0.5) is 4.39 Å². The highest BCUT2D eigenvalue weighted by molar-refractivity contribution is 7.21. The molecular formula is C20H13FN2O2S. The summed E-state index contributed by atoms with van der Waals surface area (Å²) in [6, 6.07) is 17.2. The van der Waals surface area contributed by atoms with Gasteiger partial charge in [0.15, 0.2) is 5.78 Å². The lowest BCUT2D eigenvalue weighted by Crippen LogP contribution is -2.24. The van der Waals surface area contributed by atoms with Gasteiger partial charge in [-0.05, 0) is 23.8 Å². The third-order valence-electron chi connectivity index (χ3n) is 4.06. The average Bonchev–Trinajstić information content (AvgIpc) is 3.10. The molecule has 0 saturated carbocycles. The van der Waals surface area contributed by atoms with Crippen molar-refractivity contribution in [2.75, 3.05) is 0 Å². The Morgan fingerprint density at radius 1 is 1.08 bits per heavy atom. The highest BCUT2D eigenvalue weighted by Gasteiger charge is 2.15. The number of Topliss-reactive ketones (excluding diaryl/α,β-unsaturated/α-hetero) is 1. The topological polar surface area (TPSA) is 52.0 Å². The zero-order valence-electron chi connectivity index (χ0n) is 13.6. The third-order valence-corrected chi connectivity index (χ3v) is 5.16. The van der Waals surface area contributed by atoms with Crippen LogP contribution in [-0.2, 0) is 6.54 Å². The summed E-state index contributed by atoms with van der Waals surface area (Å²) in [7, 11) is 0. The summed E-state index contributed by atoms with van der Waals surface area (Å²) < 4.78 is 15.0. The van der Waals surface area contributed by atoms with Crippen molar-refractivity contribution in [3.05, 3.63) is 88.7 Å². The Morgan fingerprint density at radius 2 is 1.81 bits per heavy atom. The molecule has 6 heteroatoms. The second kappa shape index (κ2) is 6.65. The van der Waals surface area contributed by atoms with Gasteiger partial charge in [0.05, 0.1) is 23.8 Å². The van der Waals surface area contributed by atoms with Crippen LogP contribution in [0.3, 0.4) is 0 Å². The molecule has 0 unspecified atom stereocenters. The highest BCUT2D eigenvalue weighted by atomic mass is 32.1. The van der Waals surface area contributed by atoms with Gasteiger partial charge in [-0.25, -0.2) is 9.37 Å². The van der Waals surface area contributed by atoms with E-state index in [0.29, 0.717) is 10.2 Å². The van der Waals surface area contributed by atoms with E-state index in [2.05, 4.69) is 4.98 Å². The first-order chi connectivity index (χ1) is 12.6. The molecule has 2 aromatic carbocycles. The second-order valence-corrected chi connectivity index (χ2v) is 6.81. The number of hydrogen-bond acceptors (Lipinski definition) is 4. The molecule has 26 heavy (non-hydrogen) atoms. The largest absolute Gasteiger partial charge is 0.292 e. The summed E-state index contributed by atoms with van der Waals surface area (Å²) in [5.74, 6) is -1.06. The van der Waals surface area contributed by atoms with Crippen LogP contribution in [0, 0.1) is 5.82 Å². The molecule has 0 atom stereocenters. The first-order valence-electron chi connectivity index (χ1n) is 7.95. The number of nitrogens with zero attached hydrogens (tertiary/aromatic N) is 2. The van der Waals surface area contributed by atoms with Crippen LogP contribution >= 0.6 is 11.3 Å². The van der Waals surface area contributed by atoms with E-state index in [0.717, 1.165) is 10.4 Å². The first-order valence-corrected chi connectivity index (χ1v) is 8.77. The van der Waals surface area contributed by atoms with E-state index in [1.165, 1.54) is 40.4 Å². The molecule has 4 nitrogen and oxygen atoms in total. The maximum absolute atomic E-state index is 13.8. The van der Waals surface area contributed by atoms with Gasteiger partial charge in [-0.1, -0.05) is 42.5 Å². The SMILES string of the molecule is O=C(Cn1cnc2sc(-c3ccccc3)cc2c1=O)c1ccccc1F. The molecule has 0 spiro atoms. The van der Waals surface area contributed by atoms with Gasteiger partial charge in [-0.3, -0.25) is 14.2 Å². The Morgan fingerprint density at radius 3 is 2.58 bits per heavy atom. The summed E-state index contributed by atoms with van der Waals surface area (Å²) in [5, 5.41) is 0.456. The van der Waals surface area contributed by atoms with Crippen LogP contribution in [0.5, 0.6) is 0 Å². The van der Waals surface area contributed by atoms with Crippen LogP contribution in [0.1, 0.15) is 10.4 Å². The molecule has 0 saturated heterocycles. The Labute approximate surface area is 152 Å². The quantitative estimate of drug-likeness (QED) is 0.511. The van der Waals surface area contributed by atoms with E-state index in [1.807, 2.05) is 30.3 Å². The number of hydrogen-bond donors (Lipinski definition) is 0. The normalized spacial score (nSPS) is 11.0. The van der Waals surface area contributed by atoms with Crippen molar-refractivity contribution in [2.45, 2.75) is 6.54 Å². The van der Waals surface area contributed by atoms with Crippen LogP contribution in [-0.4, -0.2) is 15.3 Å². The summed E-state index contributed by atoms with van der Waals surface area (Å²) in [5.41, 5.74) is 0.664. The summed E-state index contributed by atoms with van der Waals surface area (Å²) in [6.07, 6.45) is 1.34. The van der Waals surface area contributed by atoms with E-state index >= 15 is 0 Å². The number of halogens is 1. The molecule has 0 aliphatic rings. The van der Waals surface area contributed by atoms with Crippen molar-refractivity contribution < 1.29 is 9.18 Å². The van der Waals surface area contributed by atoms with Gasteiger partial charge in [0.2, 0.25) is 0 Å². The maximum atomic E-state index is 13.8. The molecule has 2 aromatic heterocycles. The Hall–Kier alpha value is -3.12. The molecule has 0 amide bonds. The average molecular weight is 364 g/mol. The zero-order chi connectivity index (χ0) is 18.1. The number of rotatable bonds is 4. The van der Waals surface area contributed by atoms with Crippen molar-refractivity contribution >= 4 is 27.3 Å². The number of thiophene rings is 1. The van der Waals surface area contributed by atoms with Crippen LogP contribution in [0.15, 0.2) is 71.8 Å². The van der Waals surface area contributed by atoms with Gasteiger partial charge in [0, 0.05) is 4.88 Å². The monoisotopic (exact) mass is 364 g/mol. The van der Waals surface area contributed by atoms with Gasteiger partial charge in [0.25, 0.3) is 5.56 Å². The van der Waals surface area contributed by atoms with Gasteiger partial charge in [-0.15, -0.1) is 11.3 Å². The molecule has 2 heterocycles. The van der Waals surface area contributed by atoms with Gasteiger partial charge < -0.3 is 0 Å². The van der Waals surface area contributed by atoms with E-state index in [-0.39, 0.29) is 17.7 Å². The summed E-state index contributed by atoms with van der Waals surface area (Å²) in [6.45, 7) is -0.251. The van der Waals surface area contributed by atoms with Gasteiger partial charge in [0.1, 0.15) is 10.6 Å². The van der Waals surface area contributed by atoms with E-state index in [9.17, 15) is 14.0 Å². The summed E-state index contributed by atoms with van der Waals surface area (Å²) in [4.78, 5) is 30.9. The van der Waals surface area contributed by atoms with Gasteiger partial charge in [-0.2, -0.15) is 0 Å². The smallest absolute Gasteiger partial charge is 0.262 e. The molecule has 4 rings (SSSR count). The molecule has 128 valence electrons. The standard InChI is InChI=1S/C20H13FN2O2S/c21-16-9-5-4-8-14(16)17(24)11-23-12-22-19-15(20(23)25)10-18(26-19)13-6-2-1-3-7-13/h1-10,12H,11H2. The van der Waals surface area contributed by atoms with E-state index in [1.54, 1.807) is 12.1 Å². The number of carbonyl (C=O) groups excluding carboxylic acids is 1. The predicted octanol–water partition coefficient (Wildman–Crippen LogP) is 4.15. The second-order valence-electron chi connectivity index (χ2n) is 5.78. The minimum atomic E-state index is -0.596. The number of aromatic nitrogens is 2. The number of ketones is 1. The highest BCUT2D eigenvalue weighted by Crippen LogP contribution is 2.30. The van der Waals surface area contributed by atoms with Gasteiger partial charge >= 0.3 is 0 Å². The predicted molar refractivity (Wildman–Crippen MR) is 100 cm³/mol. The van der Waals surface area contributed by atoms with Crippen molar-refractivity contribution in [3.8, 4) is 10.4 Å². The Bertz CT molecular complexity index is 1170. The van der Waals surface area contributed by atoms with Crippen LogP contribution < -0.4 is 5.56 Å². The molecule has 0 bridgehead atoms. The van der Waals surface area contributed by atoms with E-state index in [4.69, 9.17) is 0 Å². The lowest BCUT2D eigenvalue weighted by atomic mass is 10.1. The zero-order valence-corrected chi connectivity index (χ0v) is 14.4. The van der Waals surface area contributed by atoms with Crippen molar-refractivity contribution in [1.29, 1.82) is 0 Å². The fourth-order valence-corrected chi connectivity index (χ4v) is 3.74. The Kier molecular flexibility index (Phi) is 4.18. The first kappa shape index (κ1) is 16.4.